The van der Waals surface area contributed by atoms with Gasteiger partial charge in [0.25, 0.3) is 0 Å². The molecule has 0 radical (unpaired) electrons. The zero-order valence-electron chi connectivity index (χ0n) is 12.2. The van der Waals surface area contributed by atoms with E-state index in [9.17, 15) is 9.90 Å². The molecule has 3 heteroatoms. The van der Waals surface area contributed by atoms with Crippen LogP contribution in [-0.2, 0) is 4.79 Å². The molecule has 0 bridgehead atoms. The van der Waals surface area contributed by atoms with E-state index in [4.69, 9.17) is 0 Å². The number of aliphatic carboxylic acids is 1. The van der Waals surface area contributed by atoms with Crippen molar-refractivity contribution in [3.05, 3.63) is 0 Å². The number of hydrogen-bond donors (Lipinski definition) is 1. The first-order valence-electron chi connectivity index (χ1n) is 7.53. The van der Waals surface area contributed by atoms with Crippen LogP contribution in [0.2, 0.25) is 0 Å². The predicted octanol–water partition coefficient (Wildman–Crippen LogP) is 3.53. The van der Waals surface area contributed by atoms with Crippen molar-refractivity contribution in [3.63, 3.8) is 0 Å². The van der Waals surface area contributed by atoms with Crippen molar-refractivity contribution < 1.29 is 9.90 Å². The number of piperidine rings is 1. The van der Waals surface area contributed by atoms with E-state index in [1.54, 1.807) is 0 Å². The third-order valence-corrected chi connectivity index (χ3v) is 4.59. The summed E-state index contributed by atoms with van der Waals surface area (Å²) in [5.41, 5.74) is -0.489. The van der Waals surface area contributed by atoms with Crippen LogP contribution in [0.4, 0.5) is 0 Å². The molecule has 0 aromatic heterocycles. The molecule has 0 amide bonds. The van der Waals surface area contributed by atoms with Gasteiger partial charge < -0.3 is 5.11 Å². The fourth-order valence-electron chi connectivity index (χ4n) is 3.03. The summed E-state index contributed by atoms with van der Waals surface area (Å²) < 4.78 is 0. The van der Waals surface area contributed by atoms with Gasteiger partial charge in [-0.25, -0.2) is 0 Å². The van der Waals surface area contributed by atoms with Gasteiger partial charge in [0.15, 0.2) is 0 Å². The minimum Gasteiger partial charge on any atom is -0.481 e. The van der Waals surface area contributed by atoms with E-state index < -0.39 is 11.4 Å². The normalized spacial score (nSPS) is 27.1. The van der Waals surface area contributed by atoms with Gasteiger partial charge in [-0.15, -0.1) is 0 Å². The molecule has 2 atom stereocenters. The Morgan fingerprint density at radius 2 is 2.11 bits per heavy atom. The largest absolute Gasteiger partial charge is 0.481 e. The van der Waals surface area contributed by atoms with E-state index in [0.29, 0.717) is 6.04 Å². The van der Waals surface area contributed by atoms with Crippen LogP contribution in [0.25, 0.3) is 0 Å². The second-order valence-electron chi connectivity index (χ2n) is 5.86. The number of hydrogen-bond acceptors (Lipinski definition) is 2. The van der Waals surface area contributed by atoms with Crippen molar-refractivity contribution in [1.82, 2.24) is 4.90 Å². The van der Waals surface area contributed by atoms with Gasteiger partial charge in [-0.05, 0) is 39.2 Å². The number of unbranched alkanes of at least 4 members (excludes halogenated alkanes) is 2. The van der Waals surface area contributed by atoms with E-state index in [-0.39, 0.29) is 0 Å². The maximum Gasteiger partial charge on any atom is 0.310 e. The molecule has 1 rings (SSSR count). The van der Waals surface area contributed by atoms with Gasteiger partial charge >= 0.3 is 5.97 Å². The van der Waals surface area contributed by atoms with E-state index >= 15 is 0 Å². The highest BCUT2D eigenvalue weighted by Gasteiger charge is 2.41. The maximum atomic E-state index is 11.5. The molecule has 1 N–H and O–H groups in total. The Bertz CT molecular complexity index is 267. The predicted molar refractivity (Wildman–Crippen MR) is 74.8 cm³/mol. The summed E-state index contributed by atoms with van der Waals surface area (Å²) in [5, 5.41) is 9.48. The van der Waals surface area contributed by atoms with Crippen LogP contribution in [-0.4, -0.2) is 35.1 Å². The van der Waals surface area contributed by atoms with E-state index in [2.05, 4.69) is 18.7 Å². The number of nitrogens with zero attached hydrogens (tertiary/aromatic N) is 1. The van der Waals surface area contributed by atoms with Crippen molar-refractivity contribution >= 4 is 5.97 Å². The van der Waals surface area contributed by atoms with Crippen LogP contribution in [0.3, 0.4) is 0 Å². The highest BCUT2D eigenvalue weighted by molar-refractivity contribution is 5.75. The minimum atomic E-state index is -0.601. The quantitative estimate of drug-likeness (QED) is 0.707. The Hall–Kier alpha value is -0.570. The monoisotopic (exact) mass is 255 g/mol. The lowest BCUT2D eigenvalue weighted by Gasteiger charge is -2.42. The first-order valence-corrected chi connectivity index (χ1v) is 7.53. The second-order valence-corrected chi connectivity index (χ2v) is 5.86. The lowest BCUT2D eigenvalue weighted by Crippen LogP contribution is -2.50. The SMILES string of the molecule is CCCCCC(C)N1CCCC(CC)(C(=O)O)C1. The highest BCUT2D eigenvalue weighted by Crippen LogP contribution is 2.34. The van der Waals surface area contributed by atoms with E-state index in [1.165, 1.54) is 25.7 Å². The van der Waals surface area contributed by atoms with Crippen LogP contribution in [0.15, 0.2) is 0 Å². The fraction of sp³-hybridized carbons (Fsp3) is 0.933. The molecule has 0 spiro atoms. The van der Waals surface area contributed by atoms with Crippen LogP contribution in [0, 0.1) is 5.41 Å². The molecule has 1 heterocycles. The molecule has 2 unspecified atom stereocenters. The summed E-state index contributed by atoms with van der Waals surface area (Å²) in [7, 11) is 0. The van der Waals surface area contributed by atoms with Crippen molar-refractivity contribution in [2.75, 3.05) is 13.1 Å². The maximum absolute atomic E-state index is 11.5. The average Bonchev–Trinajstić information content (AvgIpc) is 2.38. The Morgan fingerprint density at radius 1 is 1.39 bits per heavy atom. The summed E-state index contributed by atoms with van der Waals surface area (Å²) in [4.78, 5) is 13.9. The molecule has 18 heavy (non-hydrogen) atoms. The number of rotatable bonds is 7. The molecular formula is C15H29NO2. The summed E-state index contributed by atoms with van der Waals surface area (Å²) in [5.74, 6) is -0.601. The zero-order valence-corrected chi connectivity index (χ0v) is 12.2. The van der Waals surface area contributed by atoms with Gasteiger partial charge in [0.1, 0.15) is 0 Å². The first-order chi connectivity index (χ1) is 8.55. The molecule has 0 aromatic rings. The van der Waals surface area contributed by atoms with Gasteiger partial charge in [-0.1, -0.05) is 33.1 Å². The van der Waals surface area contributed by atoms with Crippen LogP contribution < -0.4 is 0 Å². The third-order valence-electron chi connectivity index (χ3n) is 4.59. The average molecular weight is 255 g/mol. The summed E-state index contributed by atoms with van der Waals surface area (Å²) in [6.07, 6.45) is 7.63. The summed E-state index contributed by atoms with van der Waals surface area (Å²) >= 11 is 0. The first kappa shape index (κ1) is 15.5. The Labute approximate surface area is 112 Å². The van der Waals surface area contributed by atoms with Crippen LogP contribution in [0.5, 0.6) is 0 Å². The highest BCUT2D eigenvalue weighted by atomic mass is 16.4. The lowest BCUT2D eigenvalue weighted by atomic mass is 9.77. The van der Waals surface area contributed by atoms with Gasteiger partial charge in [-0.2, -0.15) is 0 Å². The molecule has 1 aliphatic heterocycles. The van der Waals surface area contributed by atoms with E-state index in [1.807, 2.05) is 6.92 Å². The van der Waals surface area contributed by atoms with Gasteiger partial charge in [0.05, 0.1) is 5.41 Å². The molecule has 0 aromatic carbocycles. The number of carbonyl (C=O) groups is 1. The summed E-state index contributed by atoms with van der Waals surface area (Å²) in [6.45, 7) is 8.30. The smallest absolute Gasteiger partial charge is 0.310 e. The van der Waals surface area contributed by atoms with Crippen LogP contribution >= 0.6 is 0 Å². The van der Waals surface area contributed by atoms with Crippen LogP contribution in [0.1, 0.15) is 65.7 Å². The Kier molecular flexibility index (Phi) is 6.13. The topological polar surface area (TPSA) is 40.5 Å². The number of carboxylic acid groups (broad SMARTS) is 1. The standard InChI is InChI=1S/C15H29NO2/c1-4-6-7-9-13(3)16-11-8-10-15(5-2,12-16)14(17)18/h13H,4-12H2,1-3H3,(H,17,18). The molecule has 106 valence electrons. The molecule has 1 fully saturated rings. The van der Waals surface area contributed by atoms with Gasteiger partial charge in [-0.3, -0.25) is 9.69 Å². The second kappa shape index (κ2) is 7.13. The Balaban J connectivity index is 2.54. The number of likely N-dealkylation sites (tertiary alicyclic amines) is 1. The van der Waals surface area contributed by atoms with Crippen molar-refractivity contribution in [1.29, 1.82) is 0 Å². The van der Waals surface area contributed by atoms with Crippen molar-refractivity contribution in [2.45, 2.75) is 71.8 Å². The van der Waals surface area contributed by atoms with E-state index in [0.717, 1.165) is 32.4 Å². The molecule has 1 aliphatic rings. The van der Waals surface area contributed by atoms with Crippen molar-refractivity contribution in [2.24, 2.45) is 5.41 Å². The number of carboxylic acids is 1. The molecule has 0 aliphatic carbocycles. The minimum absolute atomic E-state index is 0.489. The summed E-state index contributed by atoms with van der Waals surface area (Å²) in [6, 6.07) is 0.530. The van der Waals surface area contributed by atoms with Gasteiger partial charge in [0.2, 0.25) is 0 Å². The molecular weight excluding hydrogens is 226 g/mol. The molecule has 0 saturated carbocycles. The Morgan fingerprint density at radius 3 is 2.67 bits per heavy atom. The molecule has 3 nitrogen and oxygen atoms in total. The third kappa shape index (κ3) is 3.71. The fourth-order valence-corrected chi connectivity index (χ4v) is 3.03. The zero-order chi connectivity index (χ0) is 13.6. The van der Waals surface area contributed by atoms with Crippen molar-refractivity contribution in [3.8, 4) is 0 Å². The molecule has 1 saturated heterocycles. The lowest BCUT2D eigenvalue weighted by molar-refractivity contribution is -0.153. The van der Waals surface area contributed by atoms with Gasteiger partial charge in [0, 0.05) is 12.6 Å².